The Bertz CT molecular complexity index is 826. The number of carbonyl (C=O) groups is 2. The van der Waals surface area contributed by atoms with E-state index in [9.17, 15) is 9.59 Å². The summed E-state index contributed by atoms with van der Waals surface area (Å²) in [5.41, 5.74) is 0.741. The molecule has 0 fully saturated rings. The summed E-state index contributed by atoms with van der Waals surface area (Å²) in [6, 6.07) is 11.5. The molecule has 2 rings (SSSR count). The van der Waals surface area contributed by atoms with Gasteiger partial charge in [-0.05, 0) is 43.3 Å². The van der Waals surface area contributed by atoms with E-state index < -0.39 is 18.5 Å². The van der Waals surface area contributed by atoms with Gasteiger partial charge < -0.3 is 24.3 Å². The number of benzene rings is 2. The first-order chi connectivity index (χ1) is 13.4. The maximum Gasteiger partial charge on any atom is 0.344 e. The van der Waals surface area contributed by atoms with Gasteiger partial charge in [0.05, 0.1) is 20.3 Å². The van der Waals surface area contributed by atoms with Crippen LogP contribution < -0.4 is 19.5 Å². The number of halogens is 1. The number of esters is 1. The average molecular weight is 408 g/mol. The summed E-state index contributed by atoms with van der Waals surface area (Å²) in [7, 11) is 3.10. The van der Waals surface area contributed by atoms with Crippen LogP contribution in [0.3, 0.4) is 0 Å². The fourth-order valence-electron chi connectivity index (χ4n) is 2.43. The van der Waals surface area contributed by atoms with Crippen LogP contribution in [0.2, 0.25) is 5.02 Å². The Kier molecular flexibility index (Phi) is 7.95. The van der Waals surface area contributed by atoms with Crippen LogP contribution in [0.5, 0.6) is 17.2 Å². The first-order valence-corrected chi connectivity index (χ1v) is 8.86. The van der Waals surface area contributed by atoms with Gasteiger partial charge >= 0.3 is 5.97 Å². The first-order valence-electron chi connectivity index (χ1n) is 8.48. The Labute approximate surface area is 168 Å². The van der Waals surface area contributed by atoms with E-state index in [0.717, 1.165) is 5.56 Å². The Balaban J connectivity index is 1.82. The lowest BCUT2D eigenvalue weighted by Crippen LogP contribution is -2.32. The maximum absolute atomic E-state index is 12.1. The zero-order valence-corrected chi connectivity index (χ0v) is 16.6. The second-order valence-corrected chi connectivity index (χ2v) is 6.24. The molecule has 0 aliphatic rings. The molecule has 2 aromatic carbocycles. The summed E-state index contributed by atoms with van der Waals surface area (Å²) in [5, 5.41) is 3.24. The van der Waals surface area contributed by atoms with E-state index in [1.165, 1.54) is 0 Å². The highest BCUT2D eigenvalue weighted by Crippen LogP contribution is 2.29. The predicted octanol–water partition coefficient (Wildman–Crippen LogP) is 3.16. The molecule has 0 spiro atoms. The van der Waals surface area contributed by atoms with Crippen LogP contribution in [0.15, 0.2) is 42.5 Å². The quantitative estimate of drug-likeness (QED) is 0.643. The van der Waals surface area contributed by atoms with Gasteiger partial charge in [0.25, 0.3) is 5.91 Å². The van der Waals surface area contributed by atoms with Gasteiger partial charge in [-0.25, -0.2) is 4.79 Å². The maximum atomic E-state index is 12.1. The van der Waals surface area contributed by atoms with Crippen LogP contribution in [-0.4, -0.2) is 39.3 Å². The van der Waals surface area contributed by atoms with E-state index in [2.05, 4.69) is 5.32 Å². The van der Waals surface area contributed by atoms with Crippen molar-refractivity contribution in [2.45, 2.75) is 13.0 Å². The standard InChI is InChI=1S/C20H22ClNO6/c1-13(17-10-15(25-2)7-8-18(17)26-3)22-19(23)11-28-20(24)12-27-16-6-4-5-14(21)9-16/h4-10,13H,11-12H2,1-3H3,(H,22,23)/t13-/m1/s1. The van der Waals surface area contributed by atoms with Gasteiger partial charge in [0, 0.05) is 10.6 Å². The molecule has 8 heteroatoms. The Morgan fingerprint density at radius 2 is 1.82 bits per heavy atom. The van der Waals surface area contributed by atoms with Crippen molar-refractivity contribution in [3.63, 3.8) is 0 Å². The van der Waals surface area contributed by atoms with Crippen molar-refractivity contribution in [2.24, 2.45) is 0 Å². The molecule has 0 aliphatic carbocycles. The molecule has 0 unspecified atom stereocenters. The van der Waals surface area contributed by atoms with Gasteiger partial charge in [0.1, 0.15) is 17.2 Å². The number of hydrogen-bond acceptors (Lipinski definition) is 6. The zero-order valence-electron chi connectivity index (χ0n) is 15.9. The minimum absolute atomic E-state index is 0.327. The van der Waals surface area contributed by atoms with Crippen molar-refractivity contribution in [3.8, 4) is 17.2 Å². The van der Waals surface area contributed by atoms with E-state index in [4.69, 9.17) is 30.5 Å². The van der Waals surface area contributed by atoms with Crippen LogP contribution in [0.4, 0.5) is 0 Å². The average Bonchev–Trinajstić information content (AvgIpc) is 2.70. The third-order valence-corrected chi connectivity index (χ3v) is 4.03. The summed E-state index contributed by atoms with van der Waals surface area (Å²) >= 11 is 5.84. The third-order valence-electron chi connectivity index (χ3n) is 3.80. The van der Waals surface area contributed by atoms with Crippen molar-refractivity contribution in [2.75, 3.05) is 27.4 Å². The van der Waals surface area contributed by atoms with Gasteiger partial charge in [-0.3, -0.25) is 4.79 Å². The van der Waals surface area contributed by atoms with Gasteiger partial charge in [-0.15, -0.1) is 0 Å². The molecule has 0 radical (unpaired) electrons. The SMILES string of the molecule is COc1ccc(OC)c([C@@H](C)NC(=O)COC(=O)COc2cccc(Cl)c2)c1. The third kappa shape index (κ3) is 6.35. The van der Waals surface area contributed by atoms with Crippen molar-refractivity contribution in [3.05, 3.63) is 53.1 Å². The van der Waals surface area contributed by atoms with Crippen LogP contribution >= 0.6 is 11.6 Å². The molecule has 28 heavy (non-hydrogen) atoms. The lowest BCUT2D eigenvalue weighted by molar-refractivity contribution is -0.150. The molecule has 1 amide bonds. The molecule has 1 atom stereocenters. The smallest absolute Gasteiger partial charge is 0.344 e. The molecule has 0 saturated carbocycles. The molecule has 7 nitrogen and oxygen atoms in total. The molecule has 0 saturated heterocycles. The molecule has 150 valence electrons. The molecule has 1 N–H and O–H groups in total. The van der Waals surface area contributed by atoms with Crippen LogP contribution in [-0.2, 0) is 14.3 Å². The van der Waals surface area contributed by atoms with E-state index in [1.807, 2.05) is 0 Å². The monoisotopic (exact) mass is 407 g/mol. The first kappa shape index (κ1) is 21.4. The van der Waals surface area contributed by atoms with E-state index in [1.54, 1.807) is 63.6 Å². The van der Waals surface area contributed by atoms with E-state index >= 15 is 0 Å². The molecule has 0 aromatic heterocycles. The highest BCUT2D eigenvalue weighted by atomic mass is 35.5. The van der Waals surface area contributed by atoms with Crippen LogP contribution in [0.25, 0.3) is 0 Å². The lowest BCUT2D eigenvalue weighted by atomic mass is 10.1. The number of carbonyl (C=O) groups excluding carboxylic acids is 2. The number of nitrogens with one attached hydrogen (secondary N) is 1. The van der Waals surface area contributed by atoms with E-state index in [-0.39, 0.29) is 12.6 Å². The minimum atomic E-state index is -0.665. The summed E-state index contributed by atoms with van der Waals surface area (Å²) in [5.74, 6) is 0.574. The van der Waals surface area contributed by atoms with Gasteiger partial charge in [-0.2, -0.15) is 0 Å². The van der Waals surface area contributed by atoms with Gasteiger partial charge in [0.15, 0.2) is 13.2 Å². The molecule has 2 aromatic rings. The fraction of sp³-hybridized carbons (Fsp3) is 0.300. The summed E-state index contributed by atoms with van der Waals surface area (Å²) < 4.78 is 20.7. The number of amides is 1. The number of rotatable bonds is 9. The predicted molar refractivity (Wildman–Crippen MR) is 104 cm³/mol. The molecule has 0 heterocycles. The topological polar surface area (TPSA) is 83.1 Å². The van der Waals surface area contributed by atoms with Crippen molar-refractivity contribution in [1.82, 2.24) is 5.32 Å². The fourth-order valence-corrected chi connectivity index (χ4v) is 2.61. The second-order valence-electron chi connectivity index (χ2n) is 5.80. The van der Waals surface area contributed by atoms with Gasteiger partial charge in [0.2, 0.25) is 0 Å². The Hall–Kier alpha value is -2.93. The van der Waals surface area contributed by atoms with Crippen LogP contribution in [0, 0.1) is 0 Å². The van der Waals surface area contributed by atoms with Crippen molar-refractivity contribution >= 4 is 23.5 Å². The lowest BCUT2D eigenvalue weighted by Gasteiger charge is -2.18. The van der Waals surface area contributed by atoms with E-state index in [0.29, 0.717) is 22.3 Å². The minimum Gasteiger partial charge on any atom is -0.497 e. The van der Waals surface area contributed by atoms with Crippen LogP contribution in [0.1, 0.15) is 18.5 Å². The summed E-state index contributed by atoms with van der Waals surface area (Å²) in [6.45, 7) is 1.04. The normalized spacial score (nSPS) is 11.3. The largest absolute Gasteiger partial charge is 0.497 e. The van der Waals surface area contributed by atoms with Crippen molar-refractivity contribution in [1.29, 1.82) is 0 Å². The number of methoxy groups -OCH3 is 2. The molecular formula is C20H22ClNO6. The molecular weight excluding hydrogens is 386 g/mol. The Morgan fingerprint density at radius 1 is 1.04 bits per heavy atom. The molecule has 0 bridgehead atoms. The summed E-state index contributed by atoms with van der Waals surface area (Å²) in [4.78, 5) is 23.8. The second kappa shape index (κ2) is 10.4. The van der Waals surface area contributed by atoms with Crippen molar-refractivity contribution < 1.29 is 28.5 Å². The molecule has 0 aliphatic heterocycles. The highest BCUT2D eigenvalue weighted by molar-refractivity contribution is 6.30. The highest BCUT2D eigenvalue weighted by Gasteiger charge is 2.16. The zero-order chi connectivity index (χ0) is 20.5. The van der Waals surface area contributed by atoms with Gasteiger partial charge in [-0.1, -0.05) is 17.7 Å². The Morgan fingerprint density at radius 3 is 2.50 bits per heavy atom. The number of hydrogen-bond donors (Lipinski definition) is 1. The number of ether oxygens (including phenoxy) is 4. The summed E-state index contributed by atoms with van der Waals surface area (Å²) in [6.07, 6.45) is 0.